The normalized spacial score (nSPS) is 10.8. The number of nitrogens with two attached hydrogens (primary N) is 5. The second-order valence-electron chi connectivity index (χ2n) is 4.88. The molecule has 0 aromatic rings. The lowest BCUT2D eigenvalue weighted by Gasteiger charge is -2.11. The molecule has 0 unspecified atom stereocenters. The number of rotatable bonds is 0. The molecule has 3 aliphatic rings. The highest BCUT2D eigenvalue weighted by Crippen LogP contribution is 2.49. The van der Waals surface area contributed by atoms with E-state index in [-0.39, 0.29) is 11.3 Å². The van der Waals surface area contributed by atoms with Gasteiger partial charge in [0, 0.05) is 33.6 Å². The Balaban J connectivity index is 2.58. The summed E-state index contributed by atoms with van der Waals surface area (Å²) >= 11 is 0. The van der Waals surface area contributed by atoms with Crippen LogP contribution in [0.2, 0.25) is 0 Å². The van der Waals surface area contributed by atoms with Gasteiger partial charge >= 0.3 is 0 Å². The maximum absolute atomic E-state index is 9.20. The predicted molar refractivity (Wildman–Crippen MR) is 86.5 cm³/mol. The molecule has 0 heterocycles. The third kappa shape index (κ3) is 1.51. The molecule has 0 atom stereocenters. The van der Waals surface area contributed by atoms with Crippen LogP contribution in [0.25, 0.3) is 22.3 Å². The van der Waals surface area contributed by atoms with Crippen LogP contribution in [0, 0.1) is 11.3 Å². The van der Waals surface area contributed by atoms with Gasteiger partial charge in [-0.3, -0.25) is 0 Å². The van der Waals surface area contributed by atoms with E-state index in [2.05, 4.69) is 0 Å². The summed E-state index contributed by atoms with van der Waals surface area (Å²) < 4.78 is 0. The molecule has 0 fully saturated rings. The maximum Gasteiger partial charge on any atom is 0.104 e. The molecule has 0 aromatic heterocycles. The summed E-state index contributed by atoms with van der Waals surface area (Å²) in [5, 5.41) is 9.20. The Morgan fingerprint density at radius 3 is 1.95 bits per heavy atom. The van der Waals surface area contributed by atoms with Gasteiger partial charge in [0.2, 0.25) is 0 Å². The quantitative estimate of drug-likeness (QED) is 0.421. The first-order valence-corrected chi connectivity index (χ1v) is 6.24. The molecule has 3 rings (SSSR count). The number of anilines is 5. The molecule has 0 spiro atoms. The van der Waals surface area contributed by atoms with Gasteiger partial charge in [0.15, 0.2) is 0 Å². The van der Waals surface area contributed by atoms with Crippen molar-refractivity contribution in [3.05, 3.63) is 29.8 Å². The van der Waals surface area contributed by atoms with Crippen molar-refractivity contribution < 1.29 is 0 Å². The zero-order valence-corrected chi connectivity index (χ0v) is 11.1. The van der Waals surface area contributed by atoms with Gasteiger partial charge in [-0.25, -0.2) is 0 Å². The highest BCUT2D eigenvalue weighted by molar-refractivity contribution is 6.08. The fourth-order valence-corrected chi connectivity index (χ4v) is 2.69. The van der Waals surface area contributed by atoms with Gasteiger partial charge in [0.25, 0.3) is 0 Å². The van der Waals surface area contributed by atoms with Crippen molar-refractivity contribution in [3.8, 4) is 28.3 Å². The molecule has 6 heteroatoms. The van der Waals surface area contributed by atoms with Crippen molar-refractivity contribution in [1.82, 2.24) is 0 Å². The number of fused-ring (bicyclic) bond motifs is 2. The van der Waals surface area contributed by atoms with E-state index in [0.717, 1.165) is 5.56 Å². The molecule has 0 saturated heterocycles. The van der Waals surface area contributed by atoms with Crippen LogP contribution in [0.15, 0.2) is 24.3 Å². The Labute approximate surface area is 121 Å². The molecule has 0 radical (unpaired) electrons. The van der Waals surface area contributed by atoms with Crippen molar-refractivity contribution in [2.24, 2.45) is 0 Å². The van der Waals surface area contributed by atoms with Gasteiger partial charge in [-0.1, -0.05) is 12.1 Å². The molecule has 104 valence electrons. The summed E-state index contributed by atoms with van der Waals surface area (Å²) in [6, 6.07) is 8.97. The number of nitrogens with zero attached hydrogens (tertiary/aromatic N) is 1. The fraction of sp³-hybridized carbons (Fsp3) is 0. The molecule has 0 bridgehead atoms. The van der Waals surface area contributed by atoms with E-state index in [0.29, 0.717) is 39.4 Å². The second kappa shape index (κ2) is 4.08. The smallest absolute Gasteiger partial charge is 0.104 e. The number of nitriles is 1. The van der Waals surface area contributed by atoms with Crippen LogP contribution in [-0.4, -0.2) is 0 Å². The SMILES string of the molecule is N#Cc1c(N)c2ccc(N)c3ccc(N)c-3c(N)c-2c1N. The fourth-order valence-electron chi connectivity index (χ4n) is 2.69. The summed E-state index contributed by atoms with van der Waals surface area (Å²) in [5.74, 6) is 0. The standard InChI is InChI=1S/C15H14N6/c16-5-8-13(19)7-2-3-9(17)6-1-4-10(18)11(6)15(21)12(7)14(8)20/h1-4H,17-21H2. The van der Waals surface area contributed by atoms with Crippen LogP contribution >= 0.6 is 0 Å². The van der Waals surface area contributed by atoms with Crippen LogP contribution in [0.1, 0.15) is 5.56 Å². The summed E-state index contributed by atoms with van der Waals surface area (Å²) in [6.07, 6.45) is 0. The zero-order chi connectivity index (χ0) is 15.3. The van der Waals surface area contributed by atoms with Crippen molar-refractivity contribution >= 4 is 28.4 Å². The summed E-state index contributed by atoms with van der Waals surface area (Å²) in [7, 11) is 0. The molecule has 21 heavy (non-hydrogen) atoms. The van der Waals surface area contributed by atoms with Gasteiger partial charge in [-0.05, 0) is 12.1 Å². The molecule has 0 aliphatic heterocycles. The molecule has 0 aromatic carbocycles. The van der Waals surface area contributed by atoms with E-state index < -0.39 is 0 Å². The molecular formula is C15H14N6. The first-order chi connectivity index (χ1) is 9.97. The minimum absolute atomic E-state index is 0.222. The summed E-state index contributed by atoms with van der Waals surface area (Å²) in [4.78, 5) is 0. The third-order valence-electron chi connectivity index (χ3n) is 3.75. The summed E-state index contributed by atoms with van der Waals surface area (Å²) in [5.41, 5.74) is 35.0. The molecule has 10 N–H and O–H groups in total. The maximum atomic E-state index is 9.20. The topological polar surface area (TPSA) is 154 Å². The van der Waals surface area contributed by atoms with E-state index in [4.69, 9.17) is 28.7 Å². The second-order valence-corrected chi connectivity index (χ2v) is 4.88. The first-order valence-electron chi connectivity index (χ1n) is 6.24. The van der Waals surface area contributed by atoms with Crippen molar-refractivity contribution in [3.63, 3.8) is 0 Å². The van der Waals surface area contributed by atoms with E-state index in [1.54, 1.807) is 24.3 Å². The third-order valence-corrected chi connectivity index (χ3v) is 3.75. The van der Waals surface area contributed by atoms with E-state index in [1.807, 2.05) is 6.07 Å². The van der Waals surface area contributed by atoms with Crippen LogP contribution in [-0.2, 0) is 0 Å². The lowest BCUT2D eigenvalue weighted by Crippen LogP contribution is -1.99. The van der Waals surface area contributed by atoms with Crippen molar-refractivity contribution in [2.75, 3.05) is 28.7 Å². The lowest BCUT2D eigenvalue weighted by atomic mass is 9.99. The molecule has 0 amide bonds. The molecule has 6 nitrogen and oxygen atoms in total. The Hall–Kier alpha value is -3.33. The van der Waals surface area contributed by atoms with Gasteiger partial charge < -0.3 is 28.7 Å². The zero-order valence-electron chi connectivity index (χ0n) is 11.1. The van der Waals surface area contributed by atoms with Crippen LogP contribution < -0.4 is 28.7 Å². The van der Waals surface area contributed by atoms with E-state index in [9.17, 15) is 5.26 Å². The predicted octanol–water partition coefficient (Wildman–Crippen LogP) is 1.68. The average molecular weight is 278 g/mol. The molecule has 3 aliphatic carbocycles. The minimum atomic E-state index is 0.222. The highest BCUT2D eigenvalue weighted by Gasteiger charge is 2.24. The highest BCUT2D eigenvalue weighted by atomic mass is 14.7. The Morgan fingerprint density at radius 2 is 1.29 bits per heavy atom. The van der Waals surface area contributed by atoms with Crippen LogP contribution in [0.3, 0.4) is 0 Å². The minimum Gasteiger partial charge on any atom is -0.398 e. The van der Waals surface area contributed by atoms with Gasteiger partial charge in [0.05, 0.1) is 22.6 Å². The molecule has 0 saturated carbocycles. The number of nitrogen functional groups attached to an aromatic ring is 5. The summed E-state index contributed by atoms with van der Waals surface area (Å²) in [6.45, 7) is 0. The Bertz CT molecular complexity index is 862. The van der Waals surface area contributed by atoms with E-state index in [1.165, 1.54) is 0 Å². The Kier molecular flexibility index (Phi) is 2.47. The average Bonchev–Trinajstić information content (AvgIpc) is 2.93. The number of hydrogen-bond acceptors (Lipinski definition) is 6. The first kappa shape index (κ1) is 12.7. The molecular weight excluding hydrogens is 264 g/mol. The Morgan fingerprint density at radius 1 is 0.667 bits per heavy atom. The van der Waals surface area contributed by atoms with Gasteiger partial charge in [0.1, 0.15) is 6.07 Å². The van der Waals surface area contributed by atoms with Crippen molar-refractivity contribution in [1.29, 1.82) is 5.26 Å². The largest absolute Gasteiger partial charge is 0.398 e. The van der Waals surface area contributed by atoms with Crippen LogP contribution in [0.4, 0.5) is 28.4 Å². The number of hydrogen-bond donors (Lipinski definition) is 5. The van der Waals surface area contributed by atoms with E-state index >= 15 is 0 Å². The van der Waals surface area contributed by atoms with Gasteiger partial charge in [-0.15, -0.1) is 0 Å². The van der Waals surface area contributed by atoms with Crippen molar-refractivity contribution in [2.45, 2.75) is 0 Å². The van der Waals surface area contributed by atoms with Gasteiger partial charge in [-0.2, -0.15) is 5.26 Å². The van der Waals surface area contributed by atoms with Crippen LogP contribution in [0.5, 0.6) is 0 Å². The lowest BCUT2D eigenvalue weighted by molar-refractivity contribution is 1.51. The monoisotopic (exact) mass is 278 g/mol.